The molecule has 116 valence electrons. The van der Waals surface area contributed by atoms with E-state index in [2.05, 4.69) is 58.1 Å². The van der Waals surface area contributed by atoms with E-state index in [0.29, 0.717) is 0 Å². The Hall–Kier alpha value is -2.34. The number of benzene rings is 3. The summed E-state index contributed by atoms with van der Waals surface area (Å²) >= 11 is 0. The van der Waals surface area contributed by atoms with E-state index in [9.17, 15) is 0 Å². The van der Waals surface area contributed by atoms with Gasteiger partial charge in [0.2, 0.25) is 0 Å². The zero-order chi connectivity index (χ0) is 15.4. The van der Waals surface area contributed by atoms with Crippen LogP contribution in [0.5, 0.6) is 0 Å². The van der Waals surface area contributed by atoms with Crippen molar-refractivity contribution in [3.8, 4) is 11.3 Å². The van der Waals surface area contributed by atoms with Gasteiger partial charge in [-0.3, -0.25) is 4.98 Å². The summed E-state index contributed by atoms with van der Waals surface area (Å²) in [7, 11) is 2.04. The molecule has 0 aliphatic carbocycles. The number of halogens is 1. The minimum absolute atomic E-state index is 0. The van der Waals surface area contributed by atoms with E-state index < -0.39 is 0 Å². The van der Waals surface area contributed by atoms with Gasteiger partial charge >= 0.3 is 0 Å². The van der Waals surface area contributed by atoms with E-state index in [-0.39, 0.29) is 24.0 Å². The minimum atomic E-state index is 0. The van der Waals surface area contributed by atoms with Crippen LogP contribution in [-0.4, -0.2) is 9.97 Å². The van der Waals surface area contributed by atoms with Crippen LogP contribution in [-0.2, 0) is 7.05 Å². The maximum atomic E-state index is 4.73. The molecule has 0 bridgehead atoms. The molecule has 5 rings (SSSR count). The van der Waals surface area contributed by atoms with Gasteiger partial charge in [-0.1, -0.05) is 30.3 Å². The Morgan fingerprint density at radius 3 is 2.50 bits per heavy atom. The molecule has 3 aromatic carbocycles. The van der Waals surface area contributed by atoms with Crippen LogP contribution in [0.3, 0.4) is 0 Å². The van der Waals surface area contributed by atoms with Crippen LogP contribution in [0, 0.1) is 0 Å². The molecule has 2 heterocycles. The lowest BCUT2D eigenvalue weighted by molar-refractivity contribution is -0.647. The van der Waals surface area contributed by atoms with E-state index in [1.54, 1.807) is 0 Å². The molecule has 24 heavy (non-hydrogen) atoms. The highest BCUT2D eigenvalue weighted by molar-refractivity contribution is 6.22. The Bertz CT molecular complexity index is 1170. The third-order valence-electron chi connectivity index (χ3n) is 4.53. The van der Waals surface area contributed by atoms with Gasteiger partial charge in [-0.25, -0.2) is 4.57 Å². The standard InChI is InChI=1S/C20H14N3.HI/c1-23-12-22-16-9-7-14-11-21-20(13-5-3-2-4-6-13)15-8-10-17(23)19(16)18(14)15;/h2-12H,1H3;1H/q+1;/p-1. The molecular formula is C20H14IN3. The van der Waals surface area contributed by atoms with Crippen LogP contribution in [0.1, 0.15) is 0 Å². The van der Waals surface area contributed by atoms with Crippen molar-refractivity contribution in [3.63, 3.8) is 0 Å². The number of aryl methyl sites for hydroxylation is 1. The smallest absolute Gasteiger partial charge is 0.287 e. The van der Waals surface area contributed by atoms with Crippen molar-refractivity contribution in [1.29, 1.82) is 0 Å². The predicted molar refractivity (Wildman–Crippen MR) is 92.3 cm³/mol. The number of nitrogens with zero attached hydrogens (tertiary/aromatic N) is 3. The molecule has 0 saturated heterocycles. The summed E-state index contributed by atoms with van der Waals surface area (Å²) in [6.07, 6.45) is 3.84. The Kier molecular flexibility index (Phi) is 3.57. The van der Waals surface area contributed by atoms with Gasteiger partial charge in [0.15, 0.2) is 5.52 Å². The average Bonchev–Trinajstić information content (AvgIpc) is 2.62. The predicted octanol–water partition coefficient (Wildman–Crippen LogP) is 0.869. The molecule has 0 atom stereocenters. The summed E-state index contributed by atoms with van der Waals surface area (Å²) in [6.45, 7) is 0. The van der Waals surface area contributed by atoms with Crippen molar-refractivity contribution in [2.75, 3.05) is 0 Å². The van der Waals surface area contributed by atoms with Crippen LogP contribution in [0.2, 0.25) is 0 Å². The Labute approximate surface area is 156 Å². The summed E-state index contributed by atoms with van der Waals surface area (Å²) < 4.78 is 2.07. The number of hydrogen-bond donors (Lipinski definition) is 0. The van der Waals surface area contributed by atoms with Crippen molar-refractivity contribution in [2.24, 2.45) is 7.05 Å². The Balaban J connectivity index is 0.00000146. The fourth-order valence-corrected chi connectivity index (χ4v) is 3.43. The zero-order valence-corrected chi connectivity index (χ0v) is 15.2. The quantitative estimate of drug-likeness (QED) is 0.228. The molecule has 0 N–H and O–H groups in total. The van der Waals surface area contributed by atoms with Crippen molar-refractivity contribution in [3.05, 3.63) is 67.1 Å². The summed E-state index contributed by atoms with van der Waals surface area (Å²) in [6, 6.07) is 18.9. The number of aromatic nitrogens is 3. The first kappa shape index (κ1) is 15.2. The number of pyridine rings is 1. The van der Waals surface area contributed by atoms with Gasteiger partial charge in [0.1, 0.15) is 5.52 Å². The topological polar surface area (TPSA) is 29.7 Å². The molecule has 4 heteroatoms. The minimum Gasteiger partial charge on any atom is -1.00 e. The Morgan fingerprint density at radius 1 is 0.833 bits per heavy atom. The summed E-state index contributed by atoms with van der Waals surface area (Å²) in [4.78, 5) is 9.31. The van der Waals surface area contributed by atoms with Crippen molar-refractivity contribution in [2.45, 2.75) is 0 Å². The normalized spacial score (nSPS) is 11.2. The van der Waals surface area contributed by atoms with E-state index >= 15 is 0 Å². The second kappa shape index (κ2) is 5.63. The largest absolute Gasteiger partial charge is 1.00 e. The molecular weight excluding hydrogens is 409 g/mol. The summed E-state index contributed by atoms with van der Waals surface area (Å²) in [5, 5.41) is 4.80. The van der Waals surface area contributed by atoms with Gasteiger partial charge < -0.3 is 24.0 Å². The first-order valence-corrected chi connectivity index (χ1v) is 7.66. The first-order valence-electron chi connectivity index (χ1n) is 7.66. The van der Waals surface area contributed by atoms with Gasteiger partial charge in [-0.2, -0.15) is 0 Å². The maximum Gasteiger partial charge on any atom is 0.287 e. The van der Waals surface area contributed by atoms with Gasteiger partial charge in [0, 0.05) is 27.9 Å². The van der Waals surface area contributed by atoms with Crippen LogP contribution < -0.4 is 28.5 Å². The zero-order valence-electron chi connectivity index (χ0n) is 13.1. The van der Waals surface area contributed by atoms with Crippen LogP contribution in [0.4, 0.5) is 0 Å². The highest BCUT2D eigenvalue weighted by Crippen LogP contribution is 2.36. The third kappa shape index (κ3) is 2.06. The molecule has 0 amide bonds. The van der Waals surface area contributed by atoms with Crippen LogP contribution >= 0.6 is 0 Å². The first-order chi connectivity index (χ1) is 11.3. The molecule has 0 saturated carbocycles. The van der Waals surface area contributed by atoms with E-state index in [1.165, 1.54) is 21.7 Å². The summed E-state index contributed by atoms with van der Waals surface area (Å²) in [5.74, 6) is 0. The fourth-order valence-electron chi connectivity index (χ4n) is 3.43. The molecule has 0 spiro atoms. The molecule has 0 fully saturated rings. The van der Waals surface area contributed by atoms with Crippen molar-refractivity contribution in [1.82, 2.24) is 9.97 Å². The van der Waals surface area contributed by atoms with E-state index in [0.717, 1.165) is 22.2 Å². The van der Waals surface area contributed by atoms with E-state index in [1.807, 2.05) is 25.6 Å². The highest BCUT2D eigenvalue weighted by Gasteiger charge is 2.17. The fraction of sp³-hybridized carbons (Fsp3) is 0.0500. The van der Waals surface area contributed by atoms with E-state index in [4.69, 9.17) is 4.98 Å². The second-order valence-electron chi connectivity index (χ2n) is 5.88. The molecule has 5 aromatic rings. The lowest BCUT2D eigenvalue weighted by atomic mass is 9.96. The molecule has 0 aliphatic heterocycles. The SMILES string of the molecule is C[n+]1cnc2ccc3cnc(-c4ccccc4)c4ccc1c2c34.[I-]. The average molecular weight is 423 g/mol. The molecule has 2 aromatic heterocycles. The molecule has 0 unspecified atom stereocenters. The highest BCUT2D eigenvalue weighted by atomic mass is 127. The Morgan fingerprint density at radius 2 is 1.67 bits per heavy atom. The third-order valence-corrected chi connectivity index (χ3v) is 4.53. The number of hydrogen-bond acceptors (Lipinski definition) is 2. The van der Waals surface area contributed by atoms with Gasteiger partial charge in [-0.05, 0) is 29.2 Å². The van der Waals surface area contributed by atoms with Gasteiger partial charge in [-0.15, -0.1) is 0 Å². The van der Waals surface area contributed by atoms with Crippen molar-refractivity contribution < 1.29 is 28.5 Å². The number of rotatable bonds is 1. The molecule has 3 nitrogen and oxygen atoms in total. The lowest BCUT2D eigenvalue weighted by Crippen LogP contribution is -3.00. The second-order valence-corrected chi connectivity index (χ2v) is 5.88. The van der Waals surface area contributed by atoms with Crippen molar-refractivity contribution >= 4 is 32.6 Å². The molecule has 0 aliphatic rings. The van der Waals surface area contributed by atoms with Gasteiger partial charge in [0.05, 0.1) is 18.1 Å². The maximum absolute atomic E-state index is 4.73. The van der Waals surface area contributed by atoms with Gasteiger partial charge in [0.25, 0.3) is 6.33 Å². The van der Waals surface area contributed by atoms with Crippen LogP contribution in [0.15, 0.2) is 67.1 Å². The molecule has 0 radical (unpaired) electrons. The van der Waals surface area contributed by atoms with Crippen LogP contribution in [0.25, 0.3) is 43.8 Å². The summed E-state index contributed by atoms with van der Waals surface area (Å²) in [5.41, 5.74) is 4.39. The monoisotopic (exact) mass is 423 g/mol. The lowest BCUT2D eigenvalue weighted by Gasteiger charge is -2.11.